The summed E-state index contributed by atoms with van der Waals surface area (Å²) in [5.41, 5.74) is 5.94. The van der Waals surface area contributed by atoms with E-state index in [0.717, 1.165) is 16.5 Å². The molecule has 1 N–H and O–H groups in total. The summed E-state index contributed by atoms with van der Waals surface area (Å²) in [6.07, 6.45) is 13.1. The number of pyridine rings is 1. The minimum absolute atomic E-state index is 0.0109. The molecule has 160 valence electrons. The average Bonchev–Trinajstić information content (AvgIpc) is 3.39. The largest absolute Gasteiger partial charge is 0.351 e. The summed E-state index contributed by atoms with van der Waals surface area (Å²) in [5, 5.41) is 4.34. The van der Waals surface area contributed by atoms with E-state index in [2.05, 4.69) is 82.4 Å². The first-order valence-corrected chi connectivity index (χ1v) is 11.8. The number of nitrogens with one attached hydrogen (secondary N) is 1. The Labute approximate surface area is 190 Å². The lowest BCUT2D eigenvalue weighted by Crippen LogP contribution is -2.29. The van der Waals surface area contributed by atoms with Gasteiger partial charge in [0, 0.05) is 30.3 Å². The van der Waals surface area contributed by atoms with Crippen molar-refractivity contribution in [1.29, 1.82) is 0 Å². The highest BCUT2D eigenvalue weighted by atomic mass is 32.1. The molecule has 3 aromatic rings. The fourth-order valence-electron chi connectivity index (χ4n) is 5.27. The summed E-state index contributed by atoms with van der Waals surface area (Å²) in [7, 11) is 0. The number of aryl methyl sites for hydroxylation is 2. The number of benzene rings is 1. The molecule has 2 fully saturated rings. The summed E-state index contributed by atoms with van der Waals surface area (Å²) >= 11 is 5.88. The van der Waals surface area contributed by atoms with Crippen LogP contribution < -0.4 is 10.2 Å². The van der Waals surface area contributed by atoms with Crippen LogP contribution in [0.3, 0.4) is 0 Å². The van der Waals surface area contributed by atoms with Gasteiger partial charge in [-0.2, -0.15) is 0 Å². The van der Waals surface area contributed by atoms with Crippen molar-refractivity contribution in [2.45, 2.75) is 64.1 Å². The highest BCUT2D eigenvalue weighted by Gasteiger charge is 2.41. The Morgan fingerprint density at radius 2 is 1.77 bits per heavy atom. The van der Waals surface area contributed by atoms with Gasteiger partial charge in [0.15, 0.2) is 5.11 Å². The van der Waals surface area contributed by atoms with Crippen LogP contribution in [0.25, 0.3) is 0 Å². The van der Waals surface area contributed by atoms with Crippen molar-refractivity contribution in [3.63, 3.8) is 0 Å². The van der Waals surface area contributed by atoms with Crippen molar-refractivity contribution in [3.05, 3.63) is 83.4 Å². The summed E-state index contributed by atoms with van der Waals surface area (Å²) in [6.45, 7) is 4.29. The molecule has 0 unspecified atom stereocenters. The molecule has 0 bridgehead atoms. The van der Waals surface area contributed by atoms with Gasteiger partial charge in [0.2, 0.25) is 0 Å². The molecule has 1 aromatic carbocycles. The number of hydrogen-bond donors (Lipinski definition) is 1. The van der Waals surface area contributed by atoms with Crippen molar-refractivity contribution >= 4 is 23.0 Å². The van der Waals surface area contributed by atoms with E-state index in [1.54, 1.807) is 0 Å². The molecule has 5 rings (SSSR count). The number of thiocarbonyl (C=S) groups is 1. The van der Waals surface area contributed by atoms with Gasteiger partial charge in [0.05, 0.1) is 17.8 Å². The number of rotatable bonds is 4. The van der Waals surface area contributed by atoms with Gasteiger partial charge in [-0.1, -0.05) is 31.4 Å². The second-order valence-electron chi connectivity index (χ2n) is 9.03. The zero-order valence-electron chi connectivity index (χ0n) is 18.3. The van der Waals surface area contributed by atoms with E-state index in [0.29, 0.717) is 6.04 Å². The molecule has 1 aliphatic carbocycles. The lowest BCUT2D eigenvalue weighted by atomic mass is 9.95. The Bertz CT molecular complexity index is 1050. The quantitative estimate of drug-likeness (QED) is 0.501. The van der Waals surface area contributed by atoms with Crippen molar-refractivity contribution < 1.29 is 0 Å². The van der Waals surface area contributed by atoms with E-state index in [9.17, 15) is 0 Å². The smallest absolute Gasteiger partial charge is 0.174 e. The highest BCUT2D eigenvalue weighted by molar-refractivity contribution is 7.80. The molecule has 0 amide bonds. The number of aromatic nitrogens is 2. The molecule has 2 aromatic heterocycles. The first-order valence-electron chi connectivity index (χ1n) is 11.4. The predicted octanol–water partition coefficient (Wildman–Crippen LogP) is 6.18. The van der Waals surface area contributed by atoms with Gasteiger partial charge < -0.3 is 14.8 Å². The standard InChI is InChI=1S/C26H30N4S/c1-18-14-19(2)16-22(15-18)30-25(24(28-26(30)31)23-10-6-7-12-27-23)20-11-13-29(17-20)21-8-4-3-5-9-21/h6-7,10-17,21,24-25H,3-5,8-9H2,1-2H3,(H,28,31)/t24-,25+/m0/s1. The van der Waals surface area contributed by atoms with Crippen LogP contribution in [0, 0.1) is 13.8 Å². The van der Waals surface area contributed by atoms with Crippen LogP contribution in [0.1, 0.15) is 72.6 Å². The maximum atomic E-state index is 5.88. The van der Waals surface area contributed by atoms with Crippen molar-refractivity contribution in [3.8, 4) is 0 Å². The zero-order chi connectivity index (χ0) is 21.4. The number of anilines is 1. The van der Waals surface area contributed by atoms with Crippen molar-refractivity contribution in [2.75, 3.05) is 4.90 Å². The molecule has 0 spiro atoms. The van der Waals surface area contributed by atoms with Gasteiger partial charge in [-0.15, -0.1) is 0 Å². The summed E-state index contributed by atoms with van der Waals surface area (Å²) in [4.78, 5) is 6.96. The molecule has 3 heterocycles. The Balaban J connectivity index is 1.57. The molecule has 1 saturated heterocycles. The lowest BCUT2D eigenvalue weighted by Gasteiger charge is -2.28. The molecule has 4 nitrogen and oxygen atoms in total. The lowest BCUT2D eigenvalue weighted by molar-refractivity contribution is 0.353. The molecule has 0 radical (unpaired) electrons. The van der Waals surface area contributed by atoms with E-state index >= 15 is 0 Å². The maximum absolute atomic E-state index is 5.88. The van der Waals surface area contributed by atoms with Crippen LogP contribution in [0.15, 0.2) is 61.1 Å². The third kappa shape index (κ3) is 3.99. The Morgan fingerprint density at radius 3 is 2.48 bits per heavy atom. The van der Waals surface area contributed by atoms with Crippen molar-refractivity contribution in [1.82, 2.24) is 14.9 Å². The number of nitrogens with zero attached hydrogens (tertiary/aromatic N) is 3. The monoisotopic (exact) mass is 430 g/mol. The van der Waals surface area contributed by atoms with Crippen LogP contribution >= 0.6 is 12.2 Å². The highest BCUT2D eigenvalue weighted by Crippen LogP contribution is 2.42. The van der Waals surface area contributed by atoms with Gasteiger partial charge in [0.25, 0.3) is 0 Å². The van der Waals surface area contributed by atoms with Gasteiger partial charge >= 0.3 is 0 Å². The SMILES string of the molecule is Cc1cc(C)cc(N2C(=S)N[C@@H](c3ccccn3)[C@H]2c2ccn(C3CCCCC3)c2)c1. The Morgan fingerprint density at radius 1 is 1.00 bits per heavy atom. The molecule has 1 aliphatic heterocycles. The summed E-state index contributed by atoms with van der Waals surface area (Å²) in [5.74, 6) is 0. The molecule has 5 heteroatoms. The van der Waals surface area contributed by atoms with E-state index in [1.165, 1.54) is 48.8 Å². The molecule has 1 saturated carbocycles. The van der Waals surface area contributed by atoms with E-state index in [-0.39, 0.29) is 12.1 Å². The molecule has 2 aliphatic rings. The number of hydrogen-bond acceptors (Lipinski definition) is 2. The topological polar surface area (TPSA) is 33.1 Å². The minimum Gasteiger partial charge on any atom is -0.351 e. The van der Waals surface area contributed by atoms with Gasteiger partial charge in [-0.25, -0.2) is 0 Å². The Hall–Kier alpha value is -2.66. The fraction of sp³-hybridized carbons (Fsp3) is 0.385. The summed E-state index contributed by atoms with van der Waals surface area (Å²) in [6, 6.07) is 15.7. The molecular weight excluding hydrogens is 400 g/mol. The van der Waals surface area contributed by atoms with Gasteiger partial charge in [0.1, 0.15) is 0 Å². The van der Waals surface area contributed by atoms with E-state index in [4.69, 9.17) is 12.2 Å². The minimum atomic E-state index is 0.0109. The molecule has 2 atom stereocenters. The van der Waals surface area contributed by atoms with Crippen LogP contribution in [-0.4, -0.2) is 14.7 Å². The van der Waals surface area contributed by atoms with Crippen LogP contribution in [-0.2, 0) is 0 Å². The Kier molecular flexibility index (Phi) is 5.53. The van der Waals surface area contributed by atoms with Gasteiger partial charge in [-0.3, -0.25) is 4.98 Å². The first-order chi connectivity index (χ1) is 15.1. The second kappa shape index (κ2) is 8.46. The first kappa shape index (κ1) is 20.3. The van der Waals surface area contributed by atoms with Crippen LogP contribution in [0.4, 0.5) is 5.69 Å². The molecule has 31 heavy (non-hydrogen) atoms. The van der Waals surface area contributed by atoms with E-state index < -0.39 is 0 Å². The van der Waals surface area contributed by atoms with Crippen LogP contribution in [0.5, 0.6) is 0 Å². The second-order valence-corrected chi connectivity index (χ2v) is 9.41. The summed E-state index contributed by atoms with van der Waals surface area (Å²) < 4.78 is 2.44. The van der Waals surface area contributed by atoms with Gasteiger partial charge in [-0.05, 0) is 85.9 Å². The average molecular weight is 431 g/mol. The molecular formula is C26H30N4S. The zero-order valence-corrected chi connectivity index (χ0v) is 19.1. The van der Waals surface area contributed by atoms with Crippen molar-refractivity contribution in [2.24, 2.45) is 0 Å². The fourth-order valence-corrected chi connectivity index (χ4v) is 5.62. The van der Waals surface area contributed by atoms with Crippen LogP contribution in [0.2, 0.25) is 0 Å². The maximum Gasteiger partial charge on any atom is 0.174 e. The normalized spacial score (nSPS) is 22.0. The predicted molar refractivity (Wildman–Crippen MR) is 130 cm³/mol. The van der Waals surface area contributed by atoms with E-state index in [1.807, 2.05) is 12.3 Å². The third-order valence-electron chi connectivity index (χ3n) is 6.66. The third-order valence-corrected chi connectivity index (χ3v) is 6.97.